The third kappa shape index (κ3) is 2.42. The maximum absolute atomic E-state index is 11.5. The first-order valence-corrected chi connectivity index (χ1v) is 8.84. The van der Waals surface area contributed by atoms with E-state index in [0.29, 0.717) is 17.0 Å². The van der Waals surface area contributed by atoms with Gasteiger partial charge in [0.15, 0.2) is 10.6 Å². The Morgan fingerprint density at radius 2 is 2.09 bits per heavy atom. The Morgan fingerprint density at radius 3 is 2.61 bits per heavy atom. The molecule has 0 bridgehead atoms. The lowest BCUT2D eigenvalue weighted by Crippen LogP contribution is -2.15. The van der Waals surface area contributed by atoms with E-state index in [4.69, 9.17) is 4.42 Å². The Balaban J connectivity index is 1.58. The molecule has 0 amide bonds. The van der Waals surface area contributed by atoms with Gasteiger partial charge >= 0.3 is 5.97 Å². The lowest BCUT2D eigenvalue weighted by atomic mass is 9.96. The summed E-state index contributed by atoms with van der Waals surface area (Å²) in [7, 11) is 0. The van der Waals surface area contributed by atoms with Crippen molar-refractivity contribution in [3.8, 4) is 11.3 Å². The van der Waals surface area contributed by atoms with Crippen LogP contribution in [0.3, 0.4) is 0 Å². The molecule has 0 radical (unpaired) electrons. The van der Waals surface area contributed by atoms with Gasteiger partial charge in [-0.3, -0.25) is 4.79 Å². The van der Waals surface area contributed by atoms with Gasteiger partial charge in [-0.1, -0.05) is 31.2 Å². The number of oxazole rings is 1. The summed E-state index contributed by atoms with van der Waals surface area (Å²) in [6, 6.07) is 8.07. The van der Waals surface area contributed by atoms with Crippen molar-refractivity contribution in [2.24, 2.45) is 5.41 Å². The van der Waals surface area contributed by atoms with Crippen LogP contribution in [-0.2, 0) is 4.79 Å². The first kappa shape index (κ1) is 14.9. The lowest BCUT2D eigenvalue weighted by molar-refractivity contribution is -0.143. The Morgan fingerprint density at radius 1 is 1.39 bits per heavy atom. The van der Waals surface area contributed by atoms with Crippen LogP contribution in [0.15, 0.2) is 33.4 Å². The molecule has 23 heavy (non-hydrogen) atoms. The minimum atomic E-state index is -0.678. The van der Waals surface area contributed by atoms with Crippen LogP contribution in [0, 0.1) is 5.41 Å². The third-order valence-corrected chi connectivity index (χ3v) is 5.78. The average molecular weight is 376 g/mol. The van der Waals surface area contributed by atoms with Crippen LogP contribution < -0.4 is 0 Å². The largest absolute Gasteiger partial charge is 0.481 e. The number of nitrogens with zero attached hydrogens (tertiary/aromatic N) is 1. The molecular weight excluding hydrogens is 358 g/mol. The van der Waals surface area contributed by atoms with E-state index in [2.05, 4.69) is 20.9 Å². The Bertz CT molecular complexity index is 763. The van der Waals surface area contributed by atoms with Gasteiger partial charge in [0.25, 0.3) is 0 Å². The molecule has 1 heterocycles. The summed E-state index contributed by atoms with van der Waals surface area (Å²) in [5.41, 5.74) is 2.36. The Labute approximate surface area is 143 Å². The molecule has 2 atom stereocenters. The fraction of sp³-hybridized carbons (Fsp3) is 0.444. The molecule has 4 rings (SSSR count). The van der Waals surface area contributed by atoms with Crippen molar-refractivity contribution in [1.29, 1.82) is 0 Å². The minimum Gasteiger partial charge on any atom is -0.481 e. The second-order valence-electron chi connectivity index (χ2n) is 6.64. The number of benzene rings is 1. The summed E-state index contributed by atoms with van der Waals surface area (Å²) in [6.45, 7) is 1.95. The van der Waals surface area contributed by atoms with E-state index in [0.717, 1.165) is 42.0 Å². The first-order chi connectivity index (χ1) is 11.0. The van der Waals surface area contributed by atoms with Crippen molar-refractivity contribution in [3.63, 3.8) is 0 Å². The second-order valence-corrected chi connectivity index (χ2v) is 7.36. The van der Waals surface area contributed by atoms with E-state index >= 15 is 0 Å². The highest BCUT2D eigenvalue weighted by Crippen LogP contribution is 2.61. The minimum absolute atomic E-state index is 0.127. The van der Waals surface area contributed by atoms with E-state index in [1.165, 1.54) is 0 Å². The maximum atomic E-state index is 11.5. The molecule has 5 heteroatoms. The standard InChI is InChI=1S/C18H18BrNO3/c1-2-18(17(21)22)9-13(18)10-3-5-11(6-4-10)14-15(19)23-16(20-14)12-7-8-12/h3-6,12-13H,2,7-9H2,1H3,(H,21,22)/t13-,18-/m0/s1. The lowest BCUT2D eigenvalue weighted by Gasteiger charge is -2.09. The summed E-state index contributed by atoms with van der Waals surface area (Å²) in [5, 5.41) is 9.44. The molecule has 0 unspecified atom stereocenters. The van der Waals surface area contributed by atoms with E-state index < -0.39 is 11.4 Å². The van der Waals surface area contributed by atoms with Gasteiger partial charge in [0.2, 0.25) is 0 Å². The SMILES string of the molecule is CC[C@]1(C(=O)O)C[C@H]1c1ccc(-c2nc(C3CC3)oc2Br)cc1. The molecule has 0 spiro atoms. The summed E-state index contributed by atoms with van der Waals surface area (Å²) in [4.78, 5) is 16.1. The summed E-state index contributed by atoms with van der Waals surface area (Å²) in [6.07, 6.45) is 3.72. The zero-order valence-corrected chi connectivity index (χ0v) is 14.5. The van der Waals surface area contributed by atoms with E-state index in [1.54, 1.807) is 0 Å². The third-order valence-electron chi connectivity index (χ3n) is 5.25. The van der Waals surface area contributed by atoms with Gasteiger partial charge < -0.3 is 9.52 Å². The van der Waals surface area contributed by atoms with Crippen LogP contribution in [0.4, 0.5) is 0 Å². The Kier molecular flexibility index (Phi) is 3.38. The second kappa shape index (κ2) is 5.20. The van der Waals surface area contributed by atoms with Crippen molar-refractivity contribution in [2.75, 3.05) is 0 Å². The van der Waals surface area contributed by atoms with Gasteiger partial charge in [-0.05, 0) is 47.2 Å². The number of carboxylic acid groups (broad SMARTS) is 1. The smallest absolute Gasteiger partial charge is 0.310 e. The zero-order valence-electron chi connectivity index (χ0n) is 12.9. The topological polar surface area (TPSA) is 63.3 Å². The molecule has 1 aromatic heterocycles. The molecule has 2 saturated carbocycles. The van der Waals surface area contributed by atoms with Crippen LogP contribution in [0.5, 0.6) is 0 Å². The number of aromatic nitrogens is 1. The molecule has 0 saturated heterocycles. The maximum Gasteiger partial charge on any atom is 0.310 e. The first-order valence-electron chi connectivity index (χ1n) is 8.05. The number of aliphatic carboxylic acids is 1. The quantitative estimate of drug-likeness (QED) is 0.802. The van der Waals surface area contributed by atoms with E-state index in [9.17, 15) is 9.90 Å². The van der Waals surface area contributed by atoms with Crippen molar-refractivity contribution < 1.29 is 14.3 Å². The van der Waals surface area contributed by atoms with Gasteiger partial charge in [0, 0.05) is 17.4 Å². The van der Waals surface area contributed by atoms with Crippen molar-refractivity contribution in [3.05, 3.63) is 40.4 Å². The molecule has 4 nitrogen and oxygen atoms in total. The molecule has 2 fully saturated rings. The number of hydrogen-bond acceptors (Lipinski definition) is 3. The summed E-state index contributed by atoms with van der Waals surface area (Å²) < 4.78 is 6.37. The van der Waals surface area contributed by atoms with Crippen LogP contribution >= 0.6 is 15.9 Å². The number of rotatable bonds is 5. The number of hydrogen-bond donors (Lipinski definition) is 1. The molecule has 2 aliphatic carbocycles. The predicted molar refractivity (Wildman–Crippen MR) is 89.3 cm³/mol. The van der Waals surface area contributed by atoms with Gasteiger partial charge in [-0.25, -0.2) is 4.98 Å². The van der Waals surface area contributed by atoms with Crippen LogP contribution in [0.25, 0.3) is 11.3 Å². The van der Waals surface area contributed by atoms with Gasteiger partial charge in [-0.2, -0.15) is 0 Å². The predicted octanol–water partition coefficient (Wildman–Crippen LogP) is 4.95. The highest BCUT2D eigenvalue weighted by atomic mass is 79.9. The van der Waals surface area contributed by atoms with E-state index in [1.807, 2.05) is 31.2 Å². The number of carbonyl (C=O) groups is 1. The van der Waals surface area contributed by atoms with Gasteiger partial charge in [-0.15, -0.1) is 0 Å². The summed E-state index contributed by atoms with van der Waals surface area (Å²) in [5.74, 6) is 0.741. The van der Waals surface area contributed by atoms with Crippen molar-refractivity contribution in [1.82, 2.24) is 4.98 Å². The van der Waals surface area contributed by atoms with Crippen LogP contribution in [0.1, 0.15) is 55.9 Å². The normalized spacial score (nSPS) is 26.3. The number of halogens is 1. The fourth-order valence-corrected chi connectivity index (χ4v) is 3.88. The average Bonchev–Trinajstić information content (AvgIpc) is 3.45. The molecule has 0 aliphatic heterocycles. The van der Waals surface area contributed by atoms with Crippen LogP contribution in [-0.4, -0.2) is 16.1 Å². The van der Waals surface area contributed by atoms with Crippen LogP contribution in [0.2, 0.25) is 0 Å². The fourth-order valence-electron chi connectivity index (χ4n) is 3.39. The zero-order chi connectivity index (χ0) is 16.2. The van der Waals surface area contributed by atoms with E-state index in [-0.39, 0.29) is 5.92 Å². The molecule has 120 valence electrons. The molecule has 1 N–H and O–H groups in total. The van der Waals surface area contributed by atoms with Gasteiger partial charge in [0.05, 0.1) is 5.41 Å². The highest BCUT2D eigenvalue weighted by Gasteiger charge is 2.59. The highest BCUT2D eigenvalue weighted by molar-refractivity contribution is 9.10. The van der Waals surface area contributed by atoms with Gasteiger partial charge in [0.1, 0.15) is 5.69 Å². The summed E-state index contributed by atoms with van der Waals surface area (Å²) >= 11 is 3.45. The molecule has 1 aromatic carbocycles. The molecule has 2 aliphatic rings. The molecule has 2 aromatic rings. The van der Waals surface area contributed by atoms with Crippen molar-refractivity contribution >= 4 is 21.9 Å². The van der Waals surface area contributed by atoms with Crippen molar-refractivity contribution in [2.45, 2.75) is 44.4 Å². The monoisotopic (exact) mass is 375 g/mol. The number of carboxylic acids is 1. The Hall–Kier alpha value is -1.62. The molecular formula is C18H18BrNO3.